The first-order chi connectivity index (χ1) is 9.99. The van der Waals surface area contributed by atoms with Crippen LogP contribution in [0.3, 0.4) is 0 Å². The molecule has 2 rings (SSSR count). The lowest BCUT2D eigenvalue weighted by Crippen LogP contribution is -2.16. The van der Waals surface area contributed by atoms with E-state index in [0.29, 0.717) is 5.92 Å². The van der Waals surface area contributed by atoms with E-state index in [0.717, 1.165) is 17.8 Å². The molecule has 112 valence electrons. The van der Waals surface area contributed by atoms with Crippen molar-refractivity contribution in [3.63, 3.8) is 0 Å². The molecule has 0 unspecified atom stereocenters. The second kappa shape index (κ2) is 6.43. The molecule has 5 heteroatoms. The van der Waals surface area contributed by atoms with Gasteiger partial charge in [0.1, 0.15) is 0 Å². The van der Waals surface area contributed by atoms with Gasteiger partial charge in [-0.3, -0.25) is 4.79 Å². The Morgan fingerprint density at radius 1 is 1.48 bits per heavy atom. The van der Waals surface area contributed by atoms with Gasteiger partial charge >= 0.3 is 5.91 Å². The van der Waals surface area contributed by atoms with Crippen LogP contribution in [0.25, 0.3) is 0 Å². The fourth-order valence-corrected chi connectivity index (χ4v) is 2.23. The number of hydrogen-bond acceptors (Lipinski definition) is 3. The lowest BCUT2D eigenvalue weighted by atomic mass is 10.2. The van der Waals surface area contributed by atoms with Crippen molar-refractivity contribution in [1.29, 1.82) is 0 Å². The predicted octanol–water partition coefficient (Wildman–Crippen LogP) is 3.12. The topological polar surface area (TPSA) is 59.5 Å². The Morgan fingerprint density at radius 3 is 2.86 bits per heavy atom. The summed E-state index contributed by atoms with van der Waals surface area (Å²) in [7, 11) is 0. The van der Waals surface area contributed by atoms with E-state index in [1.54, 1.807) is 18.3 Å². The number of aryl methyl sites for hydroxylation is 1. The Labute approximate surface area is 124 Å². The van der Waals surface area contributed by atoms with Gasteiger partial charge in [-0.05, 0) is 38.0 Å². The predicted molar refractivity (Wildman–Crippen MR) is 82.5 cm³/mol. The van der Waals surface area contributed by atoms with E-state index in [-0.39, 0.29) is 11.7 Å². The fraction of sp³-hybridized carbons (Fsp3) is 0.375. The molecule has 2 aromatic heterocycles. The number of carbonyl (C=O) groups is 1. The van der Waals surface area contributed by atoms with Gasteiger partial charge in [0.15, 0.2) is 5.76 Å². The number of amides is 1. The van der Waals surface area contributed by atoms with Crippen molar-refractivity contribution in [2.45, 2.75) is 34.2 Å². The van der Waals surface area contributed by atoms with Crippen LogP contribution in [-0.4, -0.2) is 16.7 Å². The maximum absolute atomic E-state index is 11.7. The number of nitrogens with zero attached hydrogens (tertiary/aromatic N) is 2. The fourth-order valence-electron chi connectivity index (χ4n) is 2.23. The molecule has 0 bridgehead atoms. The van der Waals surface area contributed by atoms with Crippen molar-refractivity contribution in [2.75, 3.05) is 0 Å². The standard InChI is InChI=1S/C16H21N3O2/c1-11(2)10-19-12(3)8-14(13(19)4)9-17-18-16(20)15-6-5-7-21-15/h5-9,11H,10H2,1-4H3,(H,18,20). The first-order valence-corrected chi connectivity index (χ1v) is 7.02. The molecule has 0 spiro atoms. The van der Waals surface area contributed by atoms with E-state index >= 15 is 0 Å². The Balaban J connectivity index is 2.06. The molecule has 0 saturated heterocycles. The molecule has 0 aliphatic rings. The minimum atomic E-state index is -0.354. The third-order valence-electron chi connectivity index (χ3n) is 3.28. The van der Waals surface area contributed by atoms with E-state index in [1.807, 2.05) is 0 Å². The highest BCUT2D eigenvalue weighted by Crippen LogP contribution is 2.15. The summed E-state index contributed by atoms with van der Waals surface area (Å²) in [4.78, 5) is 11.7. The van der Waals surface area contributed by atoms with Crippen LogP contribution in [0.15, 0.2) is 34.0 Å². The molecule has 2 heterocycles. The zero-order valence-corrected chi connectivity index (χ0v) is 12.9. The summed E-state index contributed by atoms with van der Waals surface area (Å²) in [5.41, 5.74) is 5.81. The molecule has 0 aromatic carbocycles. The highest BCUT2D eigenvalue weighted by molar-refractivity contribution is 5.92. The second-order valence-electron chi connectivity index (χ2n) is 5.51. The average molecular weight is 287 g/mol. The van der Waals surface area contributed by atoms with Gasteiger partial charge in [-0.2, -0.15) is 5.10 Å². The van der Waals surface area contributed by atoms with Crippen LogP contribution in [0.5, 0.6) is 0 Å². The van der Waals surface area contributed by atoms with Crippen molar-refractivity contribution in [3.05, 3.63) is 47.2 Å². The van der Waals surface area contributed by atoms with Crippen molar-refractivity contribution in [2.24, 2.45) is 11.0 Å². The molecular formula is C16H21N3O2. The number of furan rings is 1. The van der Waals surface area contributed by atoms with E-state index < -0.39 is 0 Å². The molecule has 0 atom stereocenters. The maximum Gasteiger partial charge on any atom is 0.307 e. The van der Waals surface area contributed by atoms with E-state index in [1.165, 1.54) is 12.0 Å². The van der Waals surface area contributed by atoms with Crippen LogP contribution >= 0.6 is 0 Å². The lowest BCUT2D eigenvalue weighted by molar-refractivity contribution is 0.0927. The van der Waals surface area contributed by atoms with Gasteiger partial charge in [0.2, 0.25) is 0 Å². The Bertz CT molecular complexity index is 637. The van der Waals surface area contributed by atoms with E-state index in [2.05, 4.69) is 48.9 Å². The quantitative estimate of drug-likeness (QED) is 0.678. The molecule has 2 aromatic rings. The van der Waals surface area contributed by atoms with Crippen molar-refractivity contribution < 1.29 is 9.21 Å². The maximum atomic E-state index is 11.7. The van der Waals surface area contributed by atoms with Gasteiger partial charge in [-0.15, -0.1) is 0 Å². The second-order valence-corrected chi connectivity index (χ2v) is 5.51. The largest absolute Gasteiger partial charge is 0.459 e. The van der Waals surface area contributed by atoms with Gasteiger partial charge in [-0.1, -0.05) is 13.8 Å². The summed E-state index contributed by atoms with van der Waals surface area (Å²) < 4.78 is 7.26. The van der Waals surface area contributed by atoms with Crippen LogP contribution in [0.2, 0.25) is 0 Å². The first kappa shape index (κ1) is 15.1. The summed E-state index contributed by atoms with van der Waals surface area (Å²) in [6, 6.07) is 5.33. The van der Waals surface area contributed by atoms with Gasteiger partial charge < -0.3 is 8.98 Å². The van der Waals surface area contributed by atoms with Crippen LogP contribution < -0.4 is 5.43 Å². The molecule has 0 aliphatic heterocycles. The Hall–Kier alpha value is -2.30. The third kappa shape index (κ3) is 3.62. The van der Waals surface area contributed by atoms with Gasteiger partial charge in [0.05, 0.1) is 12.5 Å². The van der Waals surface area contributed by atoms with E-state index in [9.17, 15) is 4.79 Å². The van der Waals surface area contributed by atoms with Crippen LogP contribution in [0, 0.1) is 19.8 Å². The average Bonchev–Trinajstić information content (AvgIpc) is 3.03. The highest BCUT2D eigenvalue weighted by atomic mass is 16.3. The summed E-state index contributed by atoms with van der Waals surface area (Å²) in [6.07, 6.45) is 3.12. The minimum Gasteiger partial charge on any atom is -0.459 e. The lowest BCUT2D eigenvalue weighted by Gasteiger charge is -2.11. The Morgan fingerprint density at radius 2 is 2.24 bits per heavy atom. The molecule has 0 radical (unpaired) electrons. The molecule has 1 amide bonds. The molecule has 0 aliphatic carbocycles. The molecule has 0 saturated carbocycles. The van der Waals surface area contributed by atoms with Gasteiger partial charge in [-0.25, -0.2) is 5.43 Å². The molecule has 1 N–H and O–H groups in total. The smallest absolute Gasteiger partial charge is 0.307 e. The number of hydrazone groups is 1. The minimum absolute atomic E-state index is 0.248. The summed E-state index contributed by atoms with van der Waals surface area (Å²) in [5, 5.41) is 3.99. The van der Waals surface area contributed by atoms with Crippen molar-refractivity contribution in [1.82, 2.24) is 9.99 Å². The Kier molecular flexibility index (Phi) is 4.62. The number of aromatic nitrogens is 1. The van der Waals surface area contributed by atoms with Gasteiger partial charge in [0.25, 0.3) is 0 Å². The molecular weight excluding hydrogens is 266 g/mol. The van der Waals surface area contributed by atoms with Crippen molar-refractivity contribution in [3.8, 4) is 0 Å². The SMILES string of the molecule is Cc1cc(C=NNC(=O)c2ccco2)c(C)n1CC(C)C. The van der Waals surface area contributed by atoms with Crippen molar-refractivity contribution >= 4 is 12.1 Å². The number of nitrogens with one attached hydrogen (secondary N) is 1. The van der Waals surface area contributed by atoms with Crippen LogP contribution in [0.4, 0.5) is 0 Å². The van der Waals surface area contributed by atoms with E-state index in [4.69, 9.17) is 4.42 Å². The molecule has 0 fully saturated rings. The number of hydrogen-bond donors (Lipinski definition) is 1. The van der Waals surface area contributed by atoms with Crippen LogP contribution in [-0.2, 0) is 6.54 Å². The number of rotatable bonds is 5. The highest BCUT2D eigenvalue weighted by Gasteiger charge is 2.09. The monoisotopic (exact) mass is 287 g/mol. The molecule has 5 nitrogen and oxygen atoms in total. The van der Waals surface area contributed by atoms with Gasteiger partial charge in [0, 0.05) is 23.5 Å². The summed E-state index contributed by atoms with van der Waals surface area (Å²) in [6.45, 7) is 9.50. The summed E-state index contributed by atoms with van der Waals surface area (Å²) >= 11 is 0. The first-order valence-electron chi connectivity index (χ1n) is 7.02. The molecule has 21 heavy (non-hydrogen) atoms. The van der Waals surface area contributed by atoms with Crippen LogP contribution in [0.1, 0.15) is 41.4 Å². The normalized spacial score (nSPS) is 11.5. The summed E-state index contributed by atoms with van der Waals surface area (Å²) in [5.74, 6) is 0.475. The zero-order chi connectivity index (χ0) is 15.4. The number of carbonyl (C=O) groups excluding carboxylic acids is 1. The zero-order valence-electron chi connectivity index (χ0n) is 12.9. The third-order valence-corrected chi connectivity index (χ3v) is 3.28.